The number of hydrogen-bond donors (Lipinski definition) is 1. The van der Waals surface area contributed by atoms with Crippen molar-refractivity contribution in [3.8, 4) is 5.75 Å². The van der Waals surface area contributed by atoms with E-state index in [1.54, 1.807) is 57.2 Å². The molecule has 0 saturated carbocycles. The number of benzene rings is 1. The van der Waals surface area contributed by atoms with Gasteiger partial charge in [-0.3, -0.25) is 20.3 Å². The topological polar surface area (TPSA) is 88.3 Å². The highest BCUT2D eigenvalue weighted by atomic mass is 16.5. The van der Waals surface area contributed by atoms with Crippen LogP contribution in [0.15, 0.2) is 18.2 Å². The molecule has 1 aromatic carbocycles. The Labute approximate surface area is 147 Å². The van der Waals surface area contributed by atoms with Crippen molar-refractivity contribution in [2.45, 2.75) is 18.0 Å². The molecule has 2 aliphatic heterocycles. The second kappa shape index (κ2) is 5.60. The van der Waals surface area contributed by atoms with E-state index in [-0.39, 0.29) is 19.1 Å². The number of esters is 1. The number of amides is 1. The van der Waals surface area contributed by atoms with E-state index in [1.807, 2.05) is 6.07 Å². The van der Waals surface area contributed by atoms with Crippen LogP contribution < -0.4 is 15.4 Å². The van der Waals surface area contributed by atoms with Crippen LogP contribution in [0.5, 0.6) is 5.75 Å². The van der Waals surface area contributed by atoms with Crippen LogP contribution in [-0.4, -0.2) is 69.0 Å². The van der Waals surface area contributed by atoms with Gasteiger partial charge in [-0.1, -0.05) is 0 Å². The fraction of sp³-hybridized carbons (Fsp3) is 0.529. The minimum absolute atomic E-state index is 0.110. The zero-order valence-corrected chi connectivity index (χ0v) is 15.2. The van der Waals surface area contributed by atoms with Crippen molar-refractivity contribution in [3.63, 3.8) is 0 Å². The Morgan fingerprint density at radius 2 is 2.08 bits per heavy atom. The monoisotopic (exact) mass is 348 g/mol. The molecule has 1 amide bonds. The number of hydrazine groups is 1. The van der Waals surface area contributed by atoms with Gasteiger partial charge >= 0.3 is 5.97 Å². The molecular formula is C17H24N4O4. The summed E-state index contributed by atoms with van der Waals surface area (Å²) in [5.41, 5.74) is 5.14. The summed E-state index contributed by atoms with van der Waals surface area (Å²) in [7, 11) is 6.77. The Kier molecular flexibility index (Phi) is 3.92. The first-order valence-electron chi connectivity index (χ1n) is 8.13. The lowest BCUT2D eigenvalue weighted by Gasteiger charge is -2.36. The molecule has 0 radical (unpaired) electrons. The van der Waals surface area contributed by atoms with Crippen molar-refractivity contribution in [2.24, 2.45) is 5.73 Å². The smallest absolute Gasteiger partial charge is 0.322 e. The van der Waals surface area contributed by atoms with E-state index in [0.717, 1.165) is 5.69 Å². The van der Waals surface area contributed by atoms with Crippen molar-refractivity contribution in [1.29, 1.82) is 0 Å². The predicted molar refractivity (Wildman–Crippen MR) is 92.0 cm³/mol. The van der Waals surface area contributed by atoms with Gasteiger partial charge in [0.2, 0.25) is 0 Å². The van der Waals surface area contributed by atoms with E-state index in [4.69, 9.17) is 15.2 Å². The first-order chi connectivity index (χ1) is 11.8. The average molecular weight is 348 g/mol. The van der Waals surface area contributed by atoms with Crippen molar-refractivity contribution < 1.29 is 19.1 Å². The van der Waals surface area contributed by atoms with Gasteiger partial charge in [0.25, 0.3) is 5.91 Å². The van der Waals surface area contributed by atoms with Crippen LogP contribution in [0.1, 0.15) is 12.5 Å². The standard InChI is InChI=1S/C17H24N4O4/c1-6-25-15(23)16-10-21(19(2)3)14(22)17(16,18)20(4)13-8-7-11(24-5)9-12(13)16/h7-9H,6,10,18H2,1-5H3/t16-,17-/m1/s1. The molecule has 0 bridgehead atoms. The lowest BCUT2D eigenvalue weighted by atomic mass is 9.74. The third kappa shape index (κ3) is 1.95. The number of fused-ring (bicyclic) bond motifs is 3. The Balaban J connectivity index is 2.30. The van der Waals surface area contributed by atoms with Crippen LogP contribution in [0.25, 0.3) is 0 Å². The number of carbonyl (C=O) groups excluding carboxylic acids is 2. The zero-order valence-electron chi connectivity index (χ0n) is 15.2. The molecule has 8 heteroatoms. The molecule has 2 aliphatic rings. The third-order valence-electron chi connectivity index (χ3n) is 5.26. The first-order valence-corrected chi connectivity index (χ1v) is 8.13. The second-order valence-electron chi connectivity index (χ2n) is 6.54. The number of carbonyl (C=O) groups is 2. The molecule has 1 aromatic rings. The summed E-state index contributed by atoms with van der Waals surface area (Å²) in [6, 6.07) is 5.37. The van der Waals surface area contributed by atoms with Gasteiger partial charge in [0.05, 0.1) is 20.3 Å². The minimum Gasteiger partial charge on any atom is -0.497 e. The maximum atomic E-state index is 13.2. The molecule has 0 unspecified atom stereocenters. The molecule has 25 heavy (non-hydrogen) atoms. The second-order valence-corrected chi connectivity index (χ2v) is 6.54. The van der Waals surface area contributed by atoms with E-state index in [1.165, 1.54) is 5.01 Å². The molecule has 0 aromatic heterocycles. The number of hydrogen-bond acceptors (Lipinski definition) is 7. The van der Waals surface area contributed by atoms with E-state index in [2.05, 4.69) is 0 Å². The summed E-state index contributed by atoms with van der Waals surface area (Å²) in [4.78, 5) is 28.0. The molecule has 2 heterocycles. The highest BCUT2D eigenvalue weighted by Gasteiger charge is 2.74. The fourth-order valence-corrected chi connectivity index (χ4v) is 3.89. The van der Waals surface area contributed by atoms with E-state index >= 15 is 0 Å². The third-order valence-corrected chi connectivity index (χ3v) is 5.26. The molecule has 0 aliphatic carbocycles. The van der Waals surface area contributed by atoms with Crippen LogP contribution in [0.4, 0.5) is 5.69 Å². The normalized spacial score (nSPS) is 27.6. The maximum Gasteiger partial charge on any atom is 0.322 e. The van der Waals surface area contributed by atoms with Gasteiger partial charge in [-0.2, -0.15) is 0 Å². The molecule has 1 saturated heterocycles. The van der Waals surface area contributed by atoms with E-state index in [0.29, 0.717) is 11.3 Å². The molecule has 0 spiro atoms. The number of likely N-dealkylation sites (N-methyl/N-ethyl adjacent to an activating group) is 1. The summed E-state index contributed by atoms with van der Waals surface area (Å²) in [6.45, 7) is 2.05. The van der Waals surface area contributed by atoms with E-state index < -0.39 is 17.0 Å². The van der Waals surface area contributed by atoms with Crippen LogP contribution in [0.3, 0.4) is 0 Å². The largest absolute Gasteiger partial charge is 0.497 e. The number of methoxy groups -OCH3 is 1. The summed E-state index contributed by atoms with van der Waals surface area (Å²) in [5, 5.41) is 3.12. The van der Waals surface area contributed by atoms with Crippen LogP contribution in [-0.2, 0) is 19.7 Å². The maximum absolute atomic E-state index is 13.2. The molecule has 1 fully saturated rings. The van der Waals surface area contributed by atoms with Crippen molar-refractivity contribution in [3.05, 3.63) is 23.8 Å². The Morgan fingerprint density at radius 3 is 2.64 bits per heavy atom. The Hall–Kier alpha value is -2.32. The Morgan fingerprint density at radius 1 is 1.40 bits per heavy atom. The van der Waals surface area contributed by atoms with Crippen LogP contribution in [0.2, 0.25) is 0 Å². The molecule has 136 valence electrons. The lowest BCUT2D eigenvalue weighted by Crippen LogP contribution is -2.68. The van der Waals surface area contributed by atoms with Crippen LogP contribution in [0, 0.1) is 0 Å². The van der Waals surface area contributed by atoms with Gasteiger partial charge in [-0.15, -0.1) is 0 Å². The number of nitrogens with two attached hydrogens (primary N) is 1. The zero-order chi connectivity index (χ0) is 18.6. The molecule has 2 atom stereocenters. The Bertz CT molecular complexity index is 737. The van der Waals surface area contributed by atoms with Gasteiger partial charge < -0.3 is 14.4 Å². The molecular weight excluding hydrogens is 324 g/mol. The van der Waals surface area contributed by atoms with Crippen molar-refractivity contribution in [2.75, 3.05) is 46.3 Å². The average Bonchev–Trinajstić information content (AvgIpc) is 2.94. The number of ether oxygens (including phenoxy) is 2. The quantitative estimate of drug-likeness (QED) is 0.762. The number of anilines is 1. The molecule has 2 N–H and O–H groups in total. The predicted octanol–water partition coefficient (Wildman–Crippen LogP) is -0.0803. The summed E-state index contributed by atoms with van der Waals surface area (Å²) in [5.74, 6) is -0.256. The summed E-state index contributed by atoms with van der Waals surface area (Å²) in [6.07, 6.45) is 0. The van der Waals surface area contributed by atoms with Gasteiger partial charge in [-0.05, 0) is 25.1 Å². The van der Waals surface area contributed by atoms with E-state index in [9.17, 15) is 9.59 Å². The highest BCUT2D eigenvalue weighted by molar-refractivity contribution is 6.07. The minimum atomic E-state index is -1.56. The summed E-state index contributed by atoms with van der Waals surface area (Å²) < 4.78 is 10.7. The highest BCUT2D eigenvalue weighted by Crippen LogP contribution is 2.55. The van der Waals surface area contributed by atoms with Gasteiger partial charge in [0, 0.05) is 32.4 Å². The fourth-order valence-electron chi connectivity index (χ4n) is 3.89. The van der Waals surface area contributed by atoms with Crippen molar-refractivity contribution in [1.82, 2.24) is 10.0 Å². The SMILES string of the molecule is CCOC(=O)[C@]12CN(N(C)C)C(=O)[C@@]1(N)N(C)c1ccc(OC)cc12. The van der Waals surface area contributed by atoms with Gasteiger partial charge in [-0.25, -0.2) is 5.01 Å². The van der Waals surface area contributed by atoms with Gasteiger partial charge in [0.15, 0.2) is 11.1 Å². The van der Waals surface area contributed by atoms with Gasteiger partial charge in [0.1, 0.15) is 5.75 Å². The molecule has 8 nitrogen and oxygen atoms in total. The lowest BCUT2D eigenvalue weighted by molar-refractivity contribution is -0.152. The number of rotatable bonds is 4. The van der Waals surface area contributed by atoms with Crippen LogP contribution >= 0.6 is 0 Å². The van der Waals surface area contributed by atoms with Crippen molar-refractivity contribution >= 4 is 17.6 Å². The number of nitrogens with zero attached hydrogens (tertiary/aromatic N) is 3. The molecule has 3 rings (SSSR count). The first kappa shape index (κ1) is 17.5. The summed E-state index contributed by atoms with van der Waals surface area (Å²) >= 11 is 0.